The highest BCUT2D eigenvalue weighted by atomic mass is 16.6. The van der Waals surface area contributed by atoms with Gasteiger partial charge in [-0.05, 0) is 0 Å². The summed E-state index contributed by atoms with van der Waals surface area (Å²) in [7, 11) is 0. The lowest BCUT2D eigenvalue weighted by Crippen LogP contribution is -2.35. The lowest BCUT2D eigenvalue weighted by Gasteiger charge is -2.22. The molecule has 1 N–H and O–H groups in total. The zero-order valence-corrected chi connectivity index (χ0v) is 23.3. The summed E-state index contributed by atoms with van der Waals surface area (Å²) >= 11 is 0. The molecule has 0 aromatic rings. The van der Waals surface area contributed by atoms with Crippen LogP contribution in [-0.2, 0) is 52.3 Å². The van der Waals surface area contributed by atoms with Gasteiger partial charge in [-0.25, -0.2) is 14.4 Å². The molecule has 0 aromatic carbocycles. The fourth-order valence-electron chi connectivity index (χ4n) is 2.74. The first-order valence-corrected chi connectivity index (χ1v) is 13.1. The van der Waals surface area contributed by atoms with Gasteiger partial charge in [0.2, 0.25) is 0 Å². The van der Waals surface area contributed by atoms with Crippen LogP contribution in [0.2, 0.25) is 0 Å². The molecular weight excluding hydrogens is 530 g/mol. The minimum absolute atomic E-state index is 0.0869. The van der Waals surface area contributed by atoms with E-state index >= 15 is 0 Å². The first-order valence-electron chi connectivity index (χ1n) is 13.1. The van der Waals surface area contributed by atoms with Gasteiger partial charge in [-0.3, -0.25) is 4.90 Å². The molecule has 13 nitrogen and oxygen atoms in total. The van der Waals surface area contributed by atoms with Crippen molar-refractivity contribution < 1.29 is 57.4 Å². The summed E-state index contributed by atoms with van der Waals surface area (Å²) in [6.45, 7) is 15.6. The minimum atomic E-state index is -0.752. The van der Waals surface area contributed by atoms with E-state index in [1.54, 1.807) is 0 Å². The second-order valence-corrected chi connectivity index (χ2v) is 7.92. The van der Waals surface area contributed by atoms with Crippen molar-refractivity contribution in [2.75, 3.05) is 106 Å². The molecule has 40 heavy (non-hydrogen) atoms. The fourth-order valence-corrected chi connectivity index (χ4v) is 2.74. The van der Waals surface area contributed by atoms with Crippen molar-refractivity contribution in [1.29, 1.82) is 0 Å². The molecule has 1 atom stereocenters. The van der Waals surface area contributed by atoms with E-state index in [-0.39, 0.29) is 46.1 Å². The molecule has 0 spiro atoms. The van der Waals surface area contributed by atoms with Gasteiger partial charge >= 0.3 is 17.9 Å². The molecule has 0 radical (unpaired) electrons. The number of nitrogens with zero attached hydrogens (tertiary/aromatic N) is 1. The first kappa shape index (κ1) is 37.4. The molecule has 0 saturated carbocycles. The largest absolute Gasteiger partial charge is 0.462 e. The predicted octanol–water partition coefficient (Wildman–Crippen LogP) is 0.310. The molecule has 1 unspecified atom stereocenters. The zero-order chi connectivity index (χ0) is 29.7. The third kappa shape index (κ3) is 25.6. The van der Waals surface area contributed by atoms with Gasteiger partial charge in [0.1, 0.15) is 13.2 Å². The zero-order valence-electron chi connectivity index (χ0n) is 23.3. The van der Waals surface area contributed by atoms with Crippen LogP contribution in [0.15, 0.2) is 38.0 Å². The molecule has 0 bridgehead atoms. The Labute approximate surface area is 236 Å². The number of carbonyl (C=O) groups excluding carboxylic acids is 3. The van der Waals surface area contributed by atoms with Gasteiger partial charge in [-0.15, -0.1) is 0 Å². The Morgan fingerprint density at radius 1 is 0.550 bits per heavy atom. The Balaban J connectivity index is 4.13. The normalized spacial score (nSPS) is 11.6. The third-order valence-electron chi connectivity index (χ3n) is 4.85. The second kappa shape index (κ2) is 27.9. The molecule has 230 valence electrons. The number of aliphatic hydroxyl groups is 1. The van der Waals surface area contributed by atoms with Crippen molar-refractivity contribution in [1.82, 2.24) is 4.90 Å². The summed E-state index contributed by atoms with van der Waals surface area (Å²) in [4.78, 5) is 35.0. The molecule has 0 fully saturated rings. The van der Waals surface area contributed by atoms with Crippen molar-refractivity contribution >= 4 is 17.9 Å². The predicted molar refractivity (Wildman–Crippen MR) is 145 cm³/mol. The van der Waals surface area contributed by atoms with Gasteiger partial charge in [0.05, 0.1) is 78.8 Å². The number of hydrogen-bond acceptors (Lipinski definition) is 13. The van der Waals surface area contributed by atoms with Gasteiger partial charge in [0, 0.05) is 44.3 Å². The van der Waals surface area contributed by atoms with Crippen molar-refractivity contribution in [3.05, 3.63) is 38.0 Å². The first-order chi connectivity index (χ1) is 19.4. The highest BCUT2D eigenvalue weighted by Crippen LogP contribution is 1.97. The Kier molecular flexibility index (Phi) is 26.1. The smallest absolute Gasteiger partial charge is 0.330 e. The highest BCUT2D eigenvalue weighted by Gasteiger charge is 2.09. The van der Waals surface area contributed by atoms with Crippen LogP contribution >= 0.6 is 0 Å². The maximum absolute atomic E-state index is 11.0. The van der Waals surface area contributed by atoms with Gasteiger partial charge < -0.3 is 43.0 Å². The highest BCUT2D eigenvalue weighted by molar-refractivity contribution is 5.81. The summed E-state index contributed by atoms with van der Waals surface area (Å²) in [5, 5.41) is 9.96. The molecule has 0 amide bonds. The maximum atomic E-state index is 11.0. The van der Waals surface area contributed by atoms with Crippen LogP contribution < -0.4 is 0 Å². The monoisotopic (exact) mass is 575 g/mol. The number of carbonyl (C=O) groups is 3. The van der Waals surface area contributed by atoms with Gasteiger partial charge in [-0.1, -0.05) is 19.7 Å². The topological polar surface area (TPSA) is 149 Å². The number of hydrogen-bond donors (Lipinski definition) is 1. The van der Waals surface area contributed by atoms with Crippen molar-refractivity contribution in [3.63, 3.8) is 0 Å². The van der Waals surface area contributed by atoms with E-state index in [9.17, 15) is 19.5 Å². The summed E-state index contributed by atoms with van der Waals surface area (Å²) < 4.78 is 42.0. The van der Waals surface area contributed by atoms with E-state index in [4.69, 9.17) is 37.9 Å². The van der Waals surface area contributed by atoms with E-state index in [1.807, 2.05) is 0 Å². The summed E-state index contributed by atoms with van der Waals surface area (Å²) in [5.41, 5.74) is 0. The minimum Gasteiger partial charge on any atom is -0.462 e. The van der Waals surface area contributed by atoms with Crippen molar-refractivity contribution in [3.8, 4) is 0 Å². The van der Waals surface area contributed by atoms with Gasteiger partial charge in [0.15, 0.2) is 0 Å². The standard InChI is InChI=1S/C27H45NO12/c1-4-25(30)38-11-7-24(29)23-37-14-10-28(8-12-33-15-17-35-19-21-39-26(31)5-2)9-13-34-16-18-36-20-22-40-27(32)6-3/h4-6,24,29H,1-3,7-23H2. The van der Waals surface area contributed by atoms with Crippen molar-refractivity contribution in [2.45, 2.75) is 12.5 Å². The van der Waals surface area contributed by atoms with Gasteiger partial charge in [-0.2, -0.15) is 0 Å². The molecule has 0 aromatic heterocycles. The van der Waals surface area contributed by atoms with Crippen LogP contribution in [0.25, 0.3) is 0 Å². The van der Waals surface area contributed by atoms with E-state index in [2.05, 4.69) is 24.6 Å². The Bertz CT molecular complexity index is 665. The molecule has 0 aliphatic heterocycles. The molecule has 0 rings (SSSR count). The Hall–Kier alpha value is -2.65. The van der Waals surface area contributed by atoms with Crippen LogP contribution in [0, 0.1) is 0 Å². The second-order valence-electron chi connectivity index (χ2n) is 7.92. The van der Waals surface area contributed by atoms with Crippen molar-refractivity contribution in [2.24, 2.45) is 0 Å². The average molecular weight is 576 g/mol. The van der Waals surface area contributed by atoms with Crippen LogP contribution in [0.5, 0.6) is 0 Å². The maximum Gasteiger partial charge on any atom is 0.330 e. The summed E-state index contributed by atoms with van der Waals surface area (Å²) in [6, 6.07) is 0. The van der Waals surface area contributed by atoms with Gasteiger partial charge in [0.25, 0.3) is 0 Å². The third-order valence-corrected chi connectivity index (χ3v) is 4.85. The van der Waals surface area contributed by atoms with E-state index < -0.39 is 24.0 Å². The number of aliphatic hydroxyl groups excluding tert-OH is 1. The summed E-state index contributed by atoms with van der Waals surface area (Å²) in [6.07, 6.45) is 2.77. The SMILES string of the molecule is C=CC(=O)OCCOCCOCCN(CCOCCOCCOC(=O)C=C)CCOCC(O)CCOC(=O)C=C. The lowest BCUT2D eigenvalue weighted by atomic mass is 10.3. The van der Waals surface area contributed by atoms with E-state index in [0.717, 1.165) is 18.2 Å². The average Bonchev–Trinajstić information content (AvgIpc) is 2.96. The Morgan fingerprint density at radius 2 is 0.900 bits per heavy atom. The quantitative estimate of drug-likeness (QED) is 0.0565. The molecule has 13 heteroatoms. The molecule has 0 saturated heterocycles. The molecule has 0 aliphatic carbocycles. The molecule has 0 heterocycles. The Morgan fingerprint density at radius 3 is 1.32 bits per heavy atom. The summed E-state index contributed by atoms with van der Waals surface area (Å²) in [5.74, 6) is -1.51. The number of esters is 3. The lowest BCUT2D eigenvalue weighted by molar-refractivity contribution is -0.140. The fraction of sp³-hybridized carbons (Fsp3) is 0.667. The van der Waals surface area contributed by atoms with Crippen LogP contribution in [-0.4, -0.2) is 140 Å². The van der Waals surface area contributed by atoms with Crippen LogP contribution in [0.4, 0.5) is 0 Å². The molecule has 0 aliphatic rings. The van der Waals surface area contributed by atoms with Crippen LogP contribution in [0.1, 0.15) is 6.42 Å². The molecular formula is C27H45NO12. The van der Waals surface area contributed by atoms with E-state index in [1.165, 1.54) is 0 Å². The number of ether oxygens (including phenoxy) is 8. The number of rotatable bonds is 29. The van der Waals surface area contributed by atoms with E-state index in [0.29, 0.717) is 65.9 Å². The van der Waals surface area contributed by atoms with Crippen LogP contribution in [0.3, 0.4) is 0 Å².